The molecule has 0 radical (unpaired) electrons. The van der Waals surface area contributed by atoms with Gasteiger partial charge in [0.1, 0.15) is 24.1 Å². The number of sulfonamides is 1. The monoisotopic (exact) mass is 649 g/mol. The van der Waals surface area contributed by atoms with E-state index in [9.17, 15) is 18.0 Å². The van der Waals surface area contributed by atoms with Crippen LogP contribution in [0.2, 0.25) is 10.0 Å². The molecule has 0 bridgehead atoms. The fraction of sp³-hybridized carbons (Fsp3) is 0.355. The van der Waals surface area contributed by atoms with Crippen molar-refractivity contribution >= 4 is 50.7 Å². The van der Waals surface area contributed by atoms with Crippen molar-refractivity contribution in [3.63, 3.8) is 0 Å². The second kappa shape index (κ2) is 15.3. The SMILES string of the molecule is CC[C@H](C(=O)N[C@@H](C)CC)N(Cc1c(Cl)cccc1Cl)C(=O)CN(c1ccccc1OC)S(=O)(=O)c1ccc(OC)cc1. The van der Waals surface area contributed by atoms with Crippen LogP contribution in [0.5, 0.6) is 11.5 Å². The molecule has 43 heavy (non-hydrogen) atoms. The zero-order valence-electron chi connectivity index (χ0n) is 24.8. The van der Waals surface area contributed by atoms with Crippen molar-refractivity contribution in [2.45, 2.75) is 57.1 Å². The molecule has 9 nitrogen and oxygen atoms in total. The first-order valence-electron chi connectivity index (χ1n) is 13.8. The Morgan fingerprint density at radius 1 is 0.884 bits per heavy atom. The molecule has 2 amide bonds. The normalized spacial score (nSPS) is 12.6. The highest BCUT2D eigenvalue weighted by Gasteiger charge is 2.35. The Morgan fingerprint density at radius 2 is 1.51 bits per heavy atom. The number of hydrogen-bond donors (Lipinski definition) is 1. The van der Waals surface area contributed by atoms with Crippen molar-refractivity contribution < 1.29 is 27.5 Å². The number of rotatable bonds is 14. The van der Waals surface area contributed by atoms with Crippen molar-refractivity contribution in [3.05, 3.63) is 82.3 Å². The van der Waals surface area contributed by atoms with E-state index >= 15 is 0 Å². The molecule has 0 unspecified atom stereocenters. The smallest absolute Gasteiger partial charge is 0.264 e. The summed E-state index contributed by atoms with van der Waals surface area (Å²) in [6.07, 6.45) is 0.949. The summed E-state index contributed by atoms with van der Waals surface area (Å²) in [5.41, 5.74) is 0.595. The number of benzene rings is 3. The number of amides is 2. The molecule has 1 N–H and O–H groups in total. The number of nitrogens with one attached hydrogen (secondary N) is 1. The van der Waals surface area contributed by atoms with Crippen LogP contribution in [0.3, 0.4) is 0 Å². The zero-order valence-corrected chi connectivity index (χ0v) is 27.2. The van der Waals surface area contributed by atoms with Gasteiger partial charge in [0.2, 0.25) is 11.8 Å². The molecular weight excluding hydrogens is 613 g/mol. The van der Waals surface area contributed by atoms with E-state index in [1.165, 1.54) is 43.4 Å². The second-order valence-electron chi connectivity index (χ2n) is 9.82. The molecule has 0 aliphatic carbocycles. The molecule has 0 aliphatic heterocycles. The summed E-state index contributed by atoms with van der Waals surface area (Å²) in [4.78, 5) is 29.0. The summed E-state index contributed by atoms with van der Waals surface area (Å²) in [6.45, 7) is 4.83. The van der Waals surface area contributed by atoms with Gasteiger partial charge < -0.3 is 19.7 Å². The summed E-state index contributed by atoms with van der Waals surface area (Å²) in [5, 5.41) is 3.57. The lowest BCUT2D eigenvalue weighted by Gasteiger charge is -2.34. The van der Waals surface area contributed by atoms with Gasteiger partial charge in [-0.05, 0) is 68.3 Å². The number of methoxy groups -OCH3 is 2. The fourth-order valence-corrected chi connectivity index (χ4v) is 6.38. The van der Waals surface area contributed by atoms with Crippen LogP contribution >= 0.6 is 23.2 Å². The molecule has 0 saturated heterocycles. The van der Waals surface area contributed by atoms with Crippen LogP contribution in [0.25, 0.3) is 0 Å². The highest BCUT2D eigenvalue weighted by atomic mass is 35.5. The van der Waals surface area contributed by atoms with Crippen LogP contribution in [-0.4, -0.2) is 58.0 Å². The molecule has 3 aromatic carbocycles. The highest BCUT2D eigenvalue weighted by Crippen LogP contribution is 2.33. The number of ether oxygens (including phenoxy) is 2. The molecule has 3 rings (SSSR count). The molecule has 0 fully saturated rings. The van der Waals surface area contributed by atoms with Gasteiger partial charge in [0.25, 0.3) is 10.0 Å². The Morgan fingerprint density at radius 3 is 2.07 bits per heavy atom. The number of para-hydroxylation sites is 2. The first-order valence-corrected chi connectivity index (χ1v) is 16.0. The molecular formula is C31H37Cl2N3O6S. The van der Waals surface area contributed by atoms with Crippen LogP contribution in [-0.2, 0) is 26.2 Å². The average Bonchev–Trinajstić information content (AvgIpc) is 3.00. The molecule has 0 aliphatic rings. The topological polar surface area (TPSA) is 105 Å². The minimum atomic E-state index is -4.31. The van der Waals surface area contributed by atoms with Gasteiger partial charge >= 0.3 is 0 Å². The van der Waals surface area contributed by atoms with E-state index in [2.05, 4.69) is 5.32 Å². The van der Waals surface area contributed by atoms with Crippen molar-refractivity contribution in [1.29, 1.82) is 0 Å². The van der Waals surface area contributed by atoms with E-state index in [0.717, 1.165) is 4.31 Å². The van der Waals surface area contributed by atoms with Crippen LogP contribution in [0.15, 0.2) is 71.6 Å². The zero-order chi connectivity index (χ0) is 31.7. The molecule has 12 heteroatoms. The third-order valence-electron chi connectivity index (χ3n) is 7.06. The number of carbonyl (C=O) groups is 2. The Bertz CT molecular complexity index is 1500. The molecule has 0 heterocycles. The van der Waals surface area contributed by atoms with E-state index in [1.807, 2.05) is 13.8 Å². The van der Waals surface area contributed by atoms with E-state index in [1.54, 1.807) is 49.4 Å². The predicted molar refractivity (Wildman–Crippen MR) is 170 cm³/mol. The van der Waals surface area contributed by atoms with Gasteiger partial charge in [0.15, 0.2) is 0 Å². The van der Waals surface area contributed by atoms with Gasteiger partial charge in [-0.15, -0.1) is 0 Å². The fourth-order valence-electron chi connectivity index (χ4n) is 4.44. The summed E-state index contributed by atoms with van der Waals surface area (Å²) in [6, 6.07) is 16.2. The summed E-state index contributed by atoms with van der Waals surface area (Å²) in [7, 11) is -1.42. The quantitative estimate of drug-likeness (QED) is 0.232. The molecule has 2 atom stereocenters. The molecule has 0 spiro atoms. The third-order valence-corrected chi connectivity index (χ3v) is 9.54. The lowest BCUT2D eigenvalue weighted by atomic mass is 10.1. The van der Waals surface area contributed by atoms with Crippen molar-refractivity contribution in [2.24, 2.45) is 0 Å². The molecule has 0 aromatic heterocycles. The van der Waals surface area contributed by atoms with Gasteiger partial charge in [-0.1, -0.05) is 55.2 Å². The minimum Gasteiger partial charge on any atom is -0.497 e. The molecule has 0 saturated carbocycles. The second-order valence-corrected chi connectivity index (χ2v) is 12.5. The van der Waals surface area contributed by atoms with Gasteiger partial charge in [-0.3, -0.25) is 13.9 Å². The van der Waals surface area contributed by atoms with Crippen LogP contribution in [0.1, 0.15) is 39.2 Å². The van der Waals surface area contributed by atoms with Gasteiger partial charge in [-0.25, -0.2) is 8.42 Å². The van der Waals surface area contributed by atoms with E-state index in [4.69, 9.17) is 32.7 Å². The predicted octanol–water partition coefficient (Wildman–Crippen LogP) is 5.93. The number of nitrogens with zero attached hydrogens (tertiary/aromatic N) is 2. The maximum absolute atomic E-state index is 14.3. The lowest BCUT2D eigenvalue weighted by molar-refractivity contribution is -0.140. The van der Waals surface area contributed by atoms with Crippen LogP contribution in [0.4, 0.5) is 5.69 Å². The molecule has 3 aromatic rings. The van der Waals surface area contributed by atoms with E-state index in [0.29, 0.717) is 27.8 Å². The minimum absolute atomic E-state index is 0.0609. The average molecular weight is 651 g/mol. The Balaban J connectivity index is 2.14. The number of hydrogen-bond acceptors (Lipinski definition) is 6. The molecule has 232 valence electrons. The number of carbonyl (C=O) groups excluding carboxylic acids is 2. The van der Waals surface area contributed by atoms with Gasteiger partial charge in [0, 0.05) is 28.2 Å². The van der Waals surface area contributed by atoms with Crippen LogP contribution in [0, 0.1) is 0 Å². The number of anilines is 1. The van der Waals surface area contributed by atoms with Gasteiger partial charge in [0.05, 0.1) is 24.8 Å². The van der Waals surface area contributed by atoms with Crippen molar-refractivity contribution in [1.82, 2.24) is 10.2 Å². The van der Waals surface area contributed by atoms with E-state index < -0.39 is 28.5 Å². The first-order chi connectivity index (χ1) is 20.5. The Hall–Kier alpha value is -3.47. The maximum atomic E-state index is 14.3. The van der Waals surface area contributed by atoms with Crippen molar-refractivity contribution in [2.75, 3.05) is 25.1 Å². The van der Waals surface area contributed by atoms with Gasteiger partial charge in [-0.2, -0.15) is 0 Å². The lowest BCUT2D eigenvalue weighted by Crippen LogP contribution is -2.53. The Kier molecular flexibility index (Phi) is 12.1. The van der Waals surface area contributed by atoms with Crippen molar-refractivity contribution in [3.8, 4) is 11.5 Å². The highest BCUT2D eigenvalue weighted by molar-refractivity contribution is 7.92. The standard InChI is InChI=1S/C31H37Cl2N3O6S/c1-6-21(3)34-31(38)27(7-2)35(19-24-25(32)11-10-12-26(24)33)30(37)20-36(28-13-8-9-14-29(28)42-5)43(39,40)23-17-15-22(41-4)16-18-23/h8-18,21,27H,6-7,19-20H2,1-5H3,(H,34,38)/t21-,27+/m0/s1. The first kappa shape index (κ1) is 34.0. The summed E-state index contributed by atoms with van der Waals surface area (Å²) < 4.78 is 39.9. The van der Waals surface area contributed by atoms with Crippen LogP contribution < -0.4 is 19.1 Å². The maximum Gasteiger partial charge on any atom is 0.264 e. The van der Waals surface area contributed by atoms with E-state index in [-0.39, 0.29) is 41.2 Å². The summed E-state index contributed by atoms with van der Waals surface area (Å²) >= 11 is 13.0. The number of halogens is 2. The summed E-state index contributed by atoms with van der Waals surface area (Å²) in [5.74, 6) is -0.283. The third kappa shape index (κ3) is 8.13. The Labute approximate surface area is 263 Å². The largest absolute Gasteiger partial charge is 0.497 e.